The molecule has 0 spiro atoms. The van der Waals surface area contributed by atoms with Gasteiger partial charge in [0.15, 0.2) is 5.78 Å². The minimum absolute atomic E-state index is 0.162. The quantitative estimate of drug-likeness (QED) is 0.720. The highest BCUT2D eigenvalue weighted by molar-refractivity contribution is 5.99. The van der Waals surface area contributed by atoms with E-state index in [4.69, 9.17) is 4.74 Å². The topological polar surface area (TPSA) is 47.4 Å². The van der Waals surface area contributed by atoms with Crippen molar-refractivity contribution >= 4 is 5.78 Å². The minimum atomic E-state index is 0.162. The van der Waals surface area contributed by atoms with Gasteiger partial charge in [-0.15, -0.1) is 0 Å². The van der Waals surface area contributed by atoms with Gasteiger partial charge in [-0.05, 0) is 13.8 Å². The molecule has 1 fully saturated rings. The number of carbonyl (C=O) groups excluding carboxylic acids is 1. The first kappa shape index (κ1) is 12.3. The second-order valence-corrected chi connectivity index (χ2v) is 4.48. The van der Waals surface area contributed by atoms with Crippen molar-refractivity contribution in [1.29, 1.82) is 0 Å². The van der Waals surface area contributed by atoms with Crippen LogP contribution in [0.4, 0.5) is 0 Å². The monoisotopic (exact) mass is 237 g/mol. The molecule has 0 bridgehead atoms. The lowest BCUT2D eigenvalue weighted by molar-refractivity contribution is 0.0371. The zero-order valence-corrected chi connectivity index (χ0v) is 10.7. The molecule has 0 radical (unpaired) electrons. The second kappa shape index (κ2) is 4.98. The summed E-state index contributed by atoms with van der Waals surface area (Å²) in [5.74, 6) is 0.162. The van der Waals surface area contributed by atoms with Gasteiger partial charge in [0, 0.05) is 25.8 Å². The zero-order valence-electron chi connectivity index (χ0n) is 10.7. The maximum Gasteiger partial charge on any atom is 0.180 e. The molecule has 0 saturated carbocycles. The highest BCUT2D eigenvalue weighted by Gasteiger charge is 2.20. The van der Waals surface area contributed by atoms with E-state index in [1.54, 1.807) is 4.68 Å². The number of ether oxygens (including phenoxy) is 1. The van der Waals surface area contributed by atoms with Crippen molar-refractivity contribution in [3.63, 3.8) is 0 Å². The normalized spacial score (nSPS) is 17.4. The molecule has 1 saturated heterocycles. The number of ketones is 1. The molecule has 0 aliphatic carbocycles. The Labute approximate surface area is 101 Å². The van der Waals surface area contributed by atoms with Crippen LogP contribution in [-0.4, -0.2) is 53.3 Å². The minimum Gasteiger partial charge on any atom is -0.379 e. The van der Waals surface area contributed by atoms with E-state index in [-0.39, 0.29) is 5.78 Å². The van der Waals surface area contributed by atoms with Crippen LogP contribution in [0.3, 0.4) is 0 Å². The van der Waals surface area contributed by atoms with E-state index >= 15 is 0 Å². The van der Waals surface area contributed by atoms with Crippen LogP contribution in [0.2, 0.25) is 0 Å². The molecule has 2 rings (SSSR count). The zero-order chi connectivity index (χ0) is 12.4. The fourth-order valence-corrected chi connectivity index (χ4v) is 2.22. The third-order valence-corrected chi connectivity index (χ3v) is 3.26. The lowest BCUT2D eigenvalue weighted by Gasteiger charge is -2.25. The lowest BCUT2D eigenvalue weighted by Crippen LogP contribution is -2.39. The molecule has 5 heteroatoms. The number of aromatic nitrogens is 2. The SMILES string of the molecule is Cc1nn(C)c(C)c1C(=O)CN1CCOCC1. The Morgan fingerprint density at radius 3 is 2.53 bits per heavy atom. The predicted octanol–water partition coefficient (Wildman–Crippen LogP) is 0.552. The second-order valence-electron chi connectivity index (χ2n) is 4.48. The van der Waals surface area contributed by atoms with E-state index in [1.807, 2.05) is 20.9 Å². The molecule has 0 atom stereocenters. The van der Waals surface area contributed by atoms with Crippen LogP contribution in [0, 0.1) is 13.8 Å². The molecule has 5 nitrogen and oxygen atoms in total. The standard InChI is InChI=1S/C12H19N3O2/c1-9-12(10(2)14(3)13-9)11(16)8-15-4-6-17-7-5-15/h4-8H2,1-3H3. The lowest BCUT2D eigenvalue weighted by atomic mass is 10.1. The summed E-state index contributed by atoms with van der Waals surface area (Å²) >= 11 is 0. The van der Waals surface area contributed by atoms with Gasteiger partial charge in [0.25, 0.3) is 0 Å². The highest BCUT2D eigenvalue weighted by Crippen LogP contribution is 2.13. The summed E-state index contributed by atoms with van der Waals surface area (Å²) in [4.78, 5) is 14.4. The van der Waals surface area contributed by atoms with Gasteiger partial charge in [-0.3, -0.25) is 14.4 Å². The van der Waals surface area contributed by atoms with Crippen molar-refractivity contribution in [2.45, 2.75) is 13.8 Å². The van der Waals surface area contributed by atoms with E-state index in [2.05, 4.69) is 10.00 Å². The third-order valence-electron chi connectivity index (χ3n) is 3.26. The van der Waals surface area contributed by atoms with Crippen LogP contribution in [0.25, 0.3) is 0 Å². The number of nitrogens with zero attached hydrogens (tertiary/aromatic N) is 3. The fraction of sp³-hybridized carbons (Fsp3) is 0.667. The van der Waals surface area contributed by atoms with Crippen LogP contribution < -0.4 is 0 Å². The van der Waals surface area contributed by atoms with Gasteiger partial charge in [0.2, 0.25) is 0 Å². The van der Waals surface area contributed by atoms with Crippen molar-refractivity contribution in [2.24, 2.45) is 7.05 Å². The van der Waals surface area contributed by atoms with E-state index in [9.17, 15) is 4.79 Å². The number of aryl methyl sites for hydroxylation is 2. The molecule has 0 N–H and O–H groups in total. The van der Waals surface area contributed by atoms with Crippen LogP contribution in [0.5, 0.6) is 0 Å². The number of rotatable bonds is 3. The van der Waals surface area contributed by atoms with Gasteiger partial charge >= 0.3 is 0 Å². The van der Waals surface area contributed by atoms with Crippen molar-refractivity contribution in [2.75, 3.05) is 32.8 Å². The molecule has 1 aliphatic heterocycles. The van der Waals surface area contributed by atoms with Crippen molar-refractivity contribution < 1.29 is 9.53 Å². The van der Waals surface area contributed by atoms with Crippen LogP contribution in [-0.2, 0) is 11.8 Å². The van der Waals surface area contributed by atoms with Gasteiger partial charge in [-0.2, -0.15) is 5.10 Å². The van der Waals surface area contributed by atoms with E-state index in [1.165, 1.54) is 0 Å². The first-order valence-electron chi connectivity index (χ1n) is 5.93. The largest absolute Gasteiger partial charge is 0.379 e. The predicted molar refractivity (Wildman–Crippen MR) is 64.3 cm³/mol. The summed E-state index contributed by atoms with van der Waals surface area (Å²) < 4.78 is 7.03. The maximum absolute atomic E-state index is 12.2. The van der Waals surface area contributed by atoms with Crippen molar-refractivity contribution in [1.82, 2.24) is 14.7 Å². The first-order chi connectivity index (χ1) is 8.09. The Balaban J connectivity index is 2.08. The molecule has 1 aromatic heterocycles. The molecule has 17 heavy (non-hydrogen) atoms. The molecule has 94 valence electrons. The summed E-state index contributed by atoms with van der Waals surface area (Å²) in [6.45, 7) is 7.41. The number of hydrogen-bond donors (Lipinski definition) is 0. The third kappa shape index (κ3) is 2.56. The Bertz CT molecular complexity index is 420. The number of hydrogen-bond acceptors (Lipinski definition) is 4. The Hall–Kier alpha value is -1.20. The van der Waals surface area contributed by atoms with Crippen LogP contribution >= 0.6 is 0 Å². The first-order valence-corrected chi connectivity index (χ1v) is 5.93. The fourth-order valence-electron chi connectivity index (χ4n) is 2.22. The summed E-state index contributed by atoms with van der Waals surface area (Å²) in [6.07, 6.45) is 0. The Morgan fingerprint density at radius 2 is 2.00 bits per heavy atom. The molecule has 0 amide bonds. The molecule has 0 unspecified atom stereocenters. The number of carbonyl (C=O) groups is 1. The van der Waals surface area contributed by atoms with Gasteiger partial charge < -0.3 is 4.74 Å². The molecule has 1 aliphatic rings. The van der Waals surface area contributed by atoms with Gasteiger partial charge in [-0.25, -0.2) is 0 Å². The number of morpholine rings is 1. The molecular weight excluding hydrogens is 218 g/mol. The Kier molecular flexibility index (Phi) is 3.59. The molecular formula is C12H19N3O2. The summed E-state index contributed by atoms with van der Waals surface area (Å²) in [6, 6.07) is 0. The molecule has 1 aromatic rings. The van der Waals surface area contributed by atoms with E-state index in [0.717, 1.165) is 43.3 Å². The Morgan fingerprint density at radius 1 is 1.35 bits per heavy atom. The summed E-state index contributed by atoms with van der Waals surface area (Å²) in [5.41, 5.74) is 2.54. The van der Waals surface area contributed by atoms with E-state index < -0.39 is 0 Å². The average molecular weight is 237 g/mol. The van der Waals surface area contributed by atoms with E-state index in [0.29, 0.717) is 6.54 Å². The van der Waals surface area contributed by atoms with Gasteiger partial charge in [0.05, 0.1) is 31.0 Å². The summed E-state index contributed by atoms with van der Waals surface area (Å²) in [5, 5.41) is 4.28. The molecule has 0 aromatic carbocycles. The number of Topliss-reactive ketones (excluding diaryl/α,β-unsaturated/α-hetero) is 1. The highest BCUT2D eigenvalue weighted by atomic mass is 16.5. The molecule has 2 heterocycles. The average Bonchev–Trinajstić information content (AvgIpc) is 2.54. The smallest absolute Gasteiger partial charge is 0.180 e. The van der Waals surface area contributed by atoms with Crippen molar-refractivity contribution in [3.8, 4) is 0 Å². The van der Waals surface area contributed by atoms with Gasteiger partial charge in [-0.1, -0.05) is 0 Å². The van der Waals surface area contributed by atoms with Crippen LogP contribution in [0.15, 0.2) is 0 Å². The summed E-state index contributed by atoms with van der Waals surface area (Å²) in [7, 11) is 1.87. The maximum atomic E-state index is 12.2. The van der Waals surface area contributed by atoms with Gasteiger partial charge in [0.1, 0.15) is 0 Å². The van der Waals surface area contributed by atoms with Crippen LogP contribution in [0.1, 0.15) is 21.7 Å². The van der Waals surface area contributed by atoms with Crippen molar-refractivity contribution in [3.05, 3.63) is 17.0 Å².